The molecule has 1 aromatic carbocycles. The van der Waals surface area contributed by atoms with Gasteiger partial charge in [-0.2, -0.15) is 12.7 Å². The molecule has 1 N–H and O–H groups in total. The summed E-state index contributed by atoms with van der Waals surface area (Å²) in [7, 11) is -2.00. The number of halogens is 2. The Labute approximate surface area is 253 Å². The van der Waals surface area contributed by atoms with Gasteiger partial charge in [0.05, 0.1) is 16.4 Å². The molecule has 3 aromatic rings. The summed E-state index contributed by atoms with van der Waals surface area (Å²) in [5.74, 6) is -0.232. The van der Waals surface area contributed by atoms with Gasteiger partial charge >= 0.3 is 10.2 Å². The topological polar surface area (TPSA) is 98.5 Å². The number of aromatic nitrogens is 3. The average molecular weight is 722 g/mol. The van der Waals surface area contributed by atoms with Crippen molar-refractivity contribution in [2.24, 2.45) is 0 Å². The summed E-state index contributed by atoms with van der Waals surface area (Å²) < 4.78 is 37.9. The van der Waals surface area contributed by atoms with Crippen LogP contribution in [0.2, 0.25) is 25.7 Å². The van der Waals surface area contributed by atoms with Crippen molar-refractivity contribution in [1.82, 2.24) is 23.1 Å². The van der Waals surface area contributed by atoms with Crippen LogP contribution in [0.5, 0.6) is 0 Å². The summed E-state index contributed by atoms with van der Waals surface area (Å²) in [5, 5.41) is 3.32. The lowest BCUT2D eigenvalue weighted by molar-refractivity contribution is 0.0780. The maximum absolute atomic E-state index is 13.1. The number of rotatable bonds is 14. The number of hydrogen-bond donors (Lipinski definition) is 1. The molecule has 14 heteroatoms. The van der Waals surface area contributed by atoms with Gasteiger partial charge in [-0.05, 0) is 68.9 Å². The number of ether oxygens (including phenoxy) is 1. The van der Waals surface area contributed by atoms with E-state index in [1.54, 1.807) is 16.8 Å². The van der Waals surface area contributed by atoms with Gasteiger partial charge in [0, 0.05) is 40.2 Å². The van der Waals surface area contributed by atoms with Gasteiger partial charge < -0.3 is 14.6 Å². The maximum atomic E-state index is 13.1. The first-order valence-electron chi connectivity index (χ1n) is 12.4. The van der Waals surface area contributed by atoms with E-state index in [1.807, 2.05) is 30.3 Å². The molecule has 0 spiro atoms. The van der Waals surface area contributed by atoms with Gasteiger partial charge in [-0.1, -0.05) is 49.6 Å². The molecule has 0 aliphatic carbocycles. The number of nitrogens with one attached hydrogen (secondary N) is 1. The Morgan fingerprint density at radius 2 is 1.87 bits per heavy atom. The fourth-order valence-corrected chi connectivity index (χ4v) is 7.30. The first-order valence-corrected chi connectivity index (χ1v) is 19.9. The molecule has 0 bridgehead atoms. The second-order valence-electron chi connectivity index (χ2n) is 10.3. The summed E-state index contributed by atoms with van der Waals surface area (Å²) in [6, 6.07) is 12.3. The van der Waals surface area contributed by atoms with Crippen molar-refractivity contribution in [2.75, 3.05) is 27.2 Å². The minimum absolute atomic E-state index is 0.232. The van der Waals surface area contributed by atoms with Crippen LogP contribution in [0.4, 0.5) is 0 Å². The van der Waals surface area contributed by atoms with E-state index in [9.17, 15) is 13.2 Å². The number of benzene rings is 1. The normalized spacial score (nSPS) is 12.3. The van der Waals surface area contributed by atoms with Crippen molar-refractivity contribution >= 4 is 67.8 Å². The van der Waals surface area contributed by atoms with Crippen molar-refractivity contribution in [3.8, 4) is 0 Å². The standard InChI is InChI=1S/C25H35Br2N5O4S2Si/c1-30(2)38(34,35)32-19(17-29-25(32)37-20-11-7-6-8-12-20)10-9-13-28-24(33)22-16-21(26)23(27)31(22)18-36-14-15-39(3,4)5/h6-8,11-12,16-17H,9-10,13-15,18H2,1-5H3,(H,28,33). The number of carbonyl (C=O) groups excluding carboxylic acids is 1. The van der Waals surface area contributed by atoms with Crippen LogP contribution in [-0.2, 0) is 28.1 Å². The minimum atomic E-state index is -3.79. The Morgan fingerprint density at radius 3 is 2.51 bits per heavy atom. The van der Waals surface area contributed by atoms with Crippen LogP contribution in [0, 0.1) is 0 Å². The number of aryl methyl sites for hydroxylation is 1. The summed E-state index contributed by atoms with van der Waals surface area (Å²) in [6.45, 7) is 8.16. The van der Waals surface area contributed by atoms with Crippen molar-refractivity contribution in [1.29, 1.82) is 0 Å². The summed E-state index contributed by atoms with van der Waals surface area (Å²) in [5.41, 5.74) is 1.03. The molecular formula is C25H35Br2N5O4S2Si. The predicted molar refractivity (Wildman–Crippen MR) is 165 cm³/mol. The smallest absolute Gasteiger partial charge is 0.309 e. The Bertz CT molecular complexity index is 1370. The first-order chi connectivity index (χ1) is 18.3. The highest BCUT2D eigenvalue weighted by Crippen LogP contribution is 2.30. The number of hydrogen-bond acceptors (Lipinski definition) is 6. The van der Waals surface area contributed by atoms with Crippen molar-refractivity contribution < 1.29 is 17.9 Å². The van der Waals surface area contributed by atoms with E-state index in [1.165, 1.54) is 34.1 Å². The zero-order valence-corrected chi connectivity index (χ0v) is 28.6. The molecule has 0 saturated heterocycles. The third-order valence-electron chi connectivity index (χ3n) is 5.74. The third-order valence-corrected chi connectivity index (χ3v) is 12.3. The molecule has 0 unspecified atom stereocenters. The summed E-state index contributed by atoms with van der Waals surface area (Å²) >= 11 is 8.30. The van der Waals surface area contributed by atoms with E-state index in [2.05, 4.69) is 61.8 Å². The lowest BCUT2D eigenvalue weighted by Gasteiger charge is -2.17. The van der Waals surface area contributed by atoms with E-state index in [0.29, 0.717) is 42.5 Å². The van der Waals surface area contributed by atoms with Crippen molar-refractivity contribution in [3.63, 3.8) is 0 Å². The van der Waals surface area contributed by atoms with Crippen molar-refractivity contribution in [3.05, 3.63) is 63.1 Å². The fourth-order valence-electron chi connectivity index (χ4n) is 3.50. The number of carbonyl (C=O) groups is 1. The van der Waals surface area contributed by atoms with E-state index in [4.69, 9.17) is 4.74 Å². The molecule has 0 aliphatic heterocycles. The van der Waals surface area contributed by atoms with Gasteiger partial charge in [-0.3, -0.25) is 4.79 Å². The monoisotopic (exact) mass is 719 g/mol. The largest absolute Gasteiger partial charge is 0.361 e. The summed E-state index contributed by atoms with van der Waals surface area (Å²) in [4.78, 5) is 18.3. The van der Waals surface area contributed by atoms with E-state index < -0.39 is 18.3 Å². The Morgan fingerprint density at radius 1 is 1.18 bits per heavy atom. The Kier molecular flexibility index (Phi) is 11.5. The van der Waals surface area contributed by atoms with Crippen molar-refractivity contribution in [2.45, 2.75) is 55.3 Å². The molecule has 0 atom stereocenters. The molecular weight excluding hydrogens is 686 g/mol. The number of imidazole rings is 1. The van der Waals surface area contributed by atoms with E-state index >= 15 is 0 Å². The van der Waals surface area contributed by atoms with Gasteiger partial charge in [0.15, 0.2) is 5.16 Å². The van der Waals surface area contributed by atoms with Gasteiger partial charge in [-0.25, -0.2) is 8.96 Å². The minimum Gasteiger partial charge on any atom is -0.361 e. The first kappa shape index (κ1) is 32.1. The van der Waals surface area contributed by atoms with Gasteiger partial charge in [0.25, 0.3) is 5.91 Å². The van der Waals surface area contributed by atoms with Crippen LogP contribution in [0.1, 0.15) is 22.6 Å². The second-order valence-corrected chi connectivity index (χ2v) is 20.6. The number of amides is 1. The molecule has 9 nitrogen and oxygen atoms in total. The molecule has 214 valence electrons. The maximum Gasteiger partial charge on any atom is 0.309 e. The Hall–Kier alpha value is -1.42. The molecule has 3 rings (SSSR count). The van der Waals surface area contributed by atoms with Crippen LogP contribution in [0.15, 0.2) is 61.7 Å². The number of nitrogens with zero attached hydrogens (tertiary/aromatic N) is 4. The van der Waals surface area contributed by atoms with Crippen LogP contribution < -0.4 is 5.32 Å². The highest BCUT2D eigenvalue weighted by molar-refractivity contribution is 9.13. The second kappa shape index (κ2) is 14.0. The third kappa shape index (κ3) is 8.78. The molecule has 2 aromatic heterocycles. The molecule has 0 radical (unpaired) electrons. The summed E-state index contributed by atoms with van der Waals surface area (Å²) in [6.07, 6.45) is 2.54. The van der Waals surface area contributed by atoms with Gasteiger partial charge in [0.2, 0.25) is 0 Å². The highest BCUT2D eigenvalue weighted by atomic mass is 79.9. The molecule has 0 fully saturated rings. The highest BCUT2D eigenvalue weighted by Gasteiger charge is 2.25. The molecule has 0 saturated carbocycles. The Balaban J connectivity index is 1.65. The lowest BCUT2D eigenvalue weighted by Crippen LogP contribution is -2.31. The average Bonchev–Trinajstić information content (AvgIpc) is 3.40. The van der Waals surface area contributed by atoms with Gasteiger partial charge in [0.1, 0.15) is 17.0 Å². The zero-order valence-electron chi connectivity index (χ0n) is 22.8. The fraction of sp³-hybridized carbons (Fsp3) is 0.440. The van der Waals surface area contributed by atoms with E-state index in [-0.39, 0.29) is 12.6 Å². The van der Waals surface area contributed by atoms with Crippen LogP contribution in [0.25, 0.3) is 0 Å². The molecule has 1 amide bonds. The quantitative estimate of drug-likeness (QED) is 0.170. The van der Waals surface area contributed by atoms with Crippen LogP contribution in [-0.4, -0.2) is 67.5 Å². The zero-order chi connectivity index (χ0) is 28.8. The van der Waals surface area contributed by atoms with Gasteiger partial charge in [-0.15, -0.1) is 0 Å². The van der Waals surface area contributed by atoms with Crippen LogP contribution >= 0.6 is 43.6 Å². The molecule has 2 heterocycles. The SMILES string of the molecule is CN(C)S(=O)(=O)n1c(CCCNC(=O)c2cc(Br)c(Br)n2COCC[Si](C)(C)C)cnc1Sc1ccccc1. The van der Waals surface area contributed by atoms with Crippen LogP contribution in [0.3, 0.4) is 0 Å². The molecule has 39 heavy (non-hydrogen) atoms. The molecule has 0 aliphatic rings. The predicted octanol–water partition coefficient (Wildman–Crippen LogP) is 5.69. The lowest BCUT2D eigenvalue weighted by atomic mass is 10.2. The van der Waals surface area contributed by atoms with E-state index in [0.717, 1.165) is 20.0 Å².